The van der Waals surface area contributed by atoms with Gasteiger partial charge in [0.1, 0.15) is 16.7 Å². The summed E-state index contributed by atoms with van der Waals surface area (Å²) in [4.78, 5) is 10.4. The molecule has 1 aromatic rings. The van der Waals surface area contributed by atoms with Gasteiger partial charge in [0.2, 0.25) is 5.69 Å². The zero-order chi connectivity index (χ0) is 21.3. The van der Waals surface area contributed by atoms with Crippen LogP contribution in [0.5, 0.6) is 0 Å². The first-order valence-electron chi connectivity index (χ1n) is 8.61. The summed E-state index contributed by atoms with van der Waals surface area (Å²) in [6.45, 7) is 3.79. The molecule has 1 heterocycles. The molecule has 1 unspecified atom stereocenters. The minimum Gasteiger partial charge on any atom is -0.748 e. The quantitative estimate of drug-likeness (QED) is 0.193. The number of nitrogens with zero attached hydrogens (tertiary/aromatic N) is 1. The number of rotatable bonds is 9. The van der Waals surface area contributed by atoms with Crippen LogP contribution in [-0.2, 0) is 30.4 Å². The van der Waals surface area contributed by atoms with Crippen LogP contribution in [0, 0.1) is 0 Å². The van der Waals surface area contributed by atoms with Crippen molar-refractivity contribution in [2.24, 2.45) is 0 Å². The van der Waals surface area contributed by atoms with Crippen LogP contribution in [0.15, 0.2) is 23.1 Å². The van der Waals surface area contributed by atoms with E-state index in [2.05, 4.69) is 0 Å². The molecule has 0 fully saturated rings. The average molecular weight is 477 g/mol. The molecule has 1 atom stereocenters. The van der Waals surface area contributed by atoms with Crippen molar-refractivity contribution in [3.63, 3.8) is 0 Å². The van der Waals surface area contributed by atoms with E-state index in [4.69, 9.17) is 0 Å². The van der Waals surface area contributed by atoms with Crippen LogP contribution in [0.3, 0.4) is 0 Å². The third-order valence-corrected chi connectivity index (χ3v) is 6.80. The zero-order valence-corrected chi connectivity index (χ0v) is 23.1. The second-order valence-corrected chi connectivity index (χ2v) is 9.95. The Balaban J connectivity index is 0.00000420. The number of carbonyl (C=O) groups is 1. The Morgan fingerprint density at radius 2 is 1.70 bits per heavy atom. The molecule has 1 aliphatic heterocycles. The Bertz CT molecular complexity index is 1040. The maximum atomic E-state index is 11.4. The van der Waals surface area contributed by atoms with Crippen LogP contribution in [0.25, 0.3) is 0 Å². The maximum Gasteiger partial charge on any atom is 1.00 e. The van der Waals surface area contributed by atoms with Crippen LogP contribution < -0.4 is 64.2 Å². The largest absolute Gasteiger partial charge is 1.00 e. The van der Waals surface area contributed by atoms with Gasteiger partial charge in [-0.05, 0) is 38.3 Å². The van der Waals surface area contributed by atoms with E-state index in [1.54, 1.807) is 11.5 Å². The van der Waals surface area contributed by atoms with E-state index in [0.717, 1.165) is 5.71 Å². The van der Waals surface area contributed by atoms with E-state index >= 15 is 0 Å². The van der Waals surface area contributed by atoms with Gasteiger partial charge in [-0.25, -0.2) is 16.8 Å². The Morgan fingerprint density at radius 3 is 2.20 bits per heavy atom. The summed E-state index contributed by atoms with van der Waals surface area (Å²) in [6.07, 6.45) is 0.525. The van der Waals surface area contributed by atoms with Crippen LogP contribution in [-0.4, -0.2) is 54.5 Å². The number of hydrogen-bond acceptors (Lipinski definition) is 8. The minimum atomic E-state index is -4.68. The van der Waals surface area contributed by atoms with Crippen LogP contribution in [0.1, 0.15) is 45.1 Å². The molecule has 13 heteroatoms. The monoisotopic (exact) mass is 477 g/mol. The second kappa shape index (κ2) is 11.4. The second-order valence-electron chi connectivity index (χ2n) is 7.04. The van der Waals surface area contributed by atoms with Gasteiger partial charge in [0, 0.05) is 36.7 Å². The van der Waals surface area contributed by atoms with Crippen molar-refractivity contribution in [2.45, 2.75) is 49.8 Å². The fourth-order valence-electron chi connectivity index (χ4n) is 3.61. The molecule has 0 spiro atoms. The summed E-state index contributed by atoms with van der Waals surface area (Å²) >= 11 is 0. The van der Waals surface area contributed by atoms with Crippen molar-refractivity contribution >= 4 is 37.6 Å². The van der Waals surface area contributed by atoms with Crippen molar-refractivity contribution in [2.75, 3.05) is 12.3 Å². The summed E-state index contributed by atoms with van der Waals surface area (Å²) in [5.41, 5.74) is 1.15. The standard InChI is InChI=1S/C17H23NO8S2.2Na/c1-12-17(2,8-3-5-16(19)20)14-11-13(28(24,25)26)6-7-15(14)18(12)9-4-10-27(21,22)23;;/h6-7,11H,3-5,8-10H2,1-2H3,(H2-,19,20,21,22,23,24,25,26);;/q;2*+1/p-2. The summed E-state index contributed by atoms with van der Waals surface area (Å²) in [5.74, 6) is -1.74. The molecule has 1 aromatic carbocycles. The fourth-order valence-corrected chi connectivity index (χ4v) is 4.59. The maximum absolute atomic E-state index is 11.4. The molecule has 0 bridgehead atoms. The Kier molecular flexibility index (Phi) is 11.4. The molecule has 0 amide bonds. The van der Waals surface area contributed by atoms with E-state index in [-0.39, 0.29) is 84.9 Å². The number of fused-ring (bicyclic) bond motifs is 1. The van der Waals surface area contributed by atoms with Crippen LogP contribution in [0.4, 0.5) is 5.69 Å². The molecule has 0 radical (unpaired) electrons. The van der Waals surface area contributed by atoms with Crippen molar-refractivity contribution in [1.82, 2.24) is 0 Å². The molecule has 0 N–H and O–H groups in total. The molecule has 9 nitrogen and oxygen atoms in total. The molecule has 0 saturated carbocycles. The Morgan fingerprint density at radius 1 is 1.10 bits per heavy atom. The van der Waals surface area contributed by atoms with Crippen molar-refractivity contribution < 1.29 is 99.5 Å². The molecule has 0 aliphatic carbocycles. The molecule has 30 heavy (non-hydrogen) atoms. The number of carboxylic acid groups (broad SMARTS) is 1. The Hall–Kier alpha value is 0.180. The van der Waals surface area contributed by atoms with Crippen LogP contribution in [0.2, 0.25) is 0 Å². The zero-order valence-electron chi connectivity index (χ0n) is 17.5. The molecular weight excluding hydrogens is 456 g/mol. The SMILES string of the molecule is CC1=[N+](CCCS(=O)(=O)[O-])c2ccc(S(=O)(=O)[O-])cc2C1(C)CCCC(=O)[O-].[Na+].[Na+]. The summed E-state index contributed by atoms with van der Waals surface area (Å²) in [7, 11) is -9.05. The van der Waals surface area contributed by atoms with Crippen molar-refractivity contribution in [3.8, 4) is 0 Å². The van der Waals surface area contributed by atoms with Gasteiger partial charge in [-0.15, -0.1) is 0 Å². The van der Waals surface area contributed by atoms with Gasteiger partial charge < -0.3 is 19.0 Å². The first-order valence-corrected chi connectivity index (χ1v) is 11.6. The normalized spacial score (nSPS) is 18.4. The summed E-state index contributed by atoms with van der Waals surface area (Å²) in [5, 5.41) is 10.8. The number of hydrogen-bond donors (Lipinski definition) is 0. The summed E-state index contributed by atoms with van der Waals surface area (Å²) < 4.78 is 68.7. The molecule has 0 saturated heterocycles. The topological polar surface area (TPSA) is 158 Å². The molecule has 156 valence electrons. The van der Waals surface area contributed by atoms with Gasteiger partial charge in [-0.3, -0.25) is 0 Å². The summed E-state index contributed by atoms with van der Waals surface area (Å²) in [6, 6.07) is 3.93. The predicted molar refractivity (Wildman–Crippen MR) is 95.3 cm³/mol. The van der Waals surface area contributed by atoms with Gasteiger partial charge in [0.25, 0.3) is 0 Å². The van der Waals surface area contributed by atoms with E-state index in [1.165, 1.54) is 18.2 Å². The van der Waals surface area contributed by atoms with E-state index in [1.807, 2.05) is 6.92 Å². The predicted octanol–water partition coefficient (Wildman–Crippen LogP) is -6.17. The van der Waals surface area contributed by atoms with Gasteiger partial charge in [0.05, 0.1) is 20.4 Å². The number of benzene rings is 1. The van der Waals surface area contributed by atoms with Gasteiger partial charge in [0.15, 0.2) is 5.71 Å². The molecule has 1 aliphatic rings. The van der Waals surface area contributed by atoms with Crippen molar-refractivity contribution in [3.05, 3.63) is 23.8 Å². The first-order chi connectivity index (χ1) is 12.8. The average Bonchev–Trinajstić information content (AvgIpc) is 2.74. The Labute approximate surface area is 221 Å². The van der Waals surface area contributed by atoms with Crippen LogP contribution >= 0.6 is 0 Å². The number of aliphatic carboxylic acids is 1. The molecule has 2 rings (SSSR count). The molecular formula is C17H21NNa2O8S2. The first kappa shape index (κ1) is 30.2. The van der Waals surface area contributed by atoms with E-state index in [9.17, 15) is 35.8 Å². The van der Waals surface area contributed by atoms with Gasteiger partial charge in [-0.1, -0.05) is 0 Å². The van der Waals surface area contributed by atoms with Gasteiger partial charge >= 0.3 is 59.1 Å². The van der Waals surface area contributed by atoms with Crippen molar-refractivity contribution in [1.29, 1.82) is 0 Å². The fraction of sp³-hybridized carbons (Fsp3) is 0.529. The van der Waals surface area contributed by atoms with E-state index < -0.39 is 42.3 Å². The van der Waals surface area contributed by atoms with Gasteiger partial charge in [-0.2, -0.15) is 4.58 Å². The van der Waals surface area contributed by atoms with E-state index in [0.29, 0.717) is 17.7 Å². The smallest absolute Gasteiger partial charge is 0.748 e. The minimum absolute atomic E-state index is 0. The third-order valence-electron chi connectivity index (χ3n) is 5.18. The number of carboxylic acids is 1. The third kappa shape index (κ3) is 7.36. The molecule has 0 aromatic heterocycles. The number of carbonyl (C=O) groups excluding carboxylic acids is 1.